The average Bonchev–Trinajstić information content (AvgIpc) is 3.85. The lowest BCUT2D eigenvalue weighted by atomic mass is 9.93. The number of carbonyl (C=O) groups is 5. The van der Waals surface area contributed by atoms with Crippen molar-refractivity contribution in [3.8, 4) is 11.5 Å². The Kier molecular flexibility index (Phi) is 24.6. The Hall–Kier alpha value is -5.02. The SMILES string of the molecule is COCOc1cc(N(C)[B]C=O)cc2c1C(=O)O[C@@H](C)[C@H](C)/C=C\C(=O)[C@H]1OC(C)(C)O[C@H]1C/C=C/2.COCOc1cc(N(C)[B]C=O)cc2c1C(=O)O[C@@H](C)[C@H](C)/C=C\C(O)[C@H]1OC(C)(C)O[C@H]1C/C=C/2.ClCCl. The maximum atomic E-state index is 13.4. The molecule has 2 radical (unpaired) electrons. The van der Waals surface area contributed by atoms with Crippen molar-refractivity contribution in [2.45, 2.75) is 123 Å². The lowest BCUT2D eigenvalue weighted by Gasteiger charge is -2.24. The lowest BCUT2D eigenvalue weighted by molar-refractivity contribution is -0.152. The van der Waals surface area contributed by atoms with Crippen LogP contribution in [0.4, 0.5) is 11.4 Å². The van der Waals surface area contributed by atoms with Crippen molar-refractivity contribution in [3.63, 3.8) is 0 Å². The lowest BCUT2D eigenvalue weighted by Crippen LogP contribution is -2.34. The number of halogens is 2. The molecule has 4 aliphatic heterocycles. The number of cyclic esters (lactones) is 2. The highest BCUT2D eigenvalue weighted by Crippen LogP contribution is 2.37. The molecule has 0 aliphatic carbocycles. The summed E-state index contributed by atoms with van der Waals surface area (Å²) < 4.78 is 57.1. The van der Waals surface area contributed by atoms with Crippen LogP contribution in [0.15, 0.2) is 60.7 Å². The average molecular weight is 1080 g/mol. The molecular weight excluding hydrogens is 1010 g/mol. The largest absolute Gasteiger partial charge is 0.467 e. The summed E-state index contributed by atoms with van der Waals surface area (Å²) in [7, 11) is 9.10. The molecule has 4 heterocycles. The molecule has 2 saturated heterocycles. The van der Waals surface area contributed by atoms with Crippen LogP contribution in [0.2, 0.25) is 0 Å². The van der Waals surface area contributed by atoms with Gasteiger partial charge in [-0.3, -0.25) is 4.79 Å². The Morgan fingerprint density at radius 1 is 0.667 bits per heavy atom. The number of nitrogens with zero attached hydrogens (tertiary/aromatic N) is 2. The highest BCUT2D eigenvalue weighted by Gasteiger charge is 2.45. The topological polar surface area (TPSA) is 204 Å². The fourth-order valence-electron chi connectivity index (χ4n) is 8.14. The number of anilines is 2. The molecule has 75 heavy (non-hydrogen) atoms. The van der Waals surface area contributed by atoms with Crippen molar-refractivity contribution >= 4 is 91.7 Å². The van der Waals surface area contributed by atoms with Gasteiger partial charge >= 0.3 is 26.8 Å². The van der Waals surface area contributed by atoms with Gasteiger partial charge in [-0.2, -0.15) is 0 Å². The number of ether oxygens (including phenoxy) is 10. The van der Waals surface area contributed by atoms with E-state index in [1.54, 1.807) is 100.0 Å². The standard InChI is InChI=1S/C26H35BNO8.C26H33BNO8.CH2Cl2/c2*1-16-10-11-20(30)24-21(35-26(3,4)36-24)9-7-8-18-12-19(28(5)27-14-29)13-22(33-15-32-6)23(18)25(31)34-17(16)2;2-1-3/h7-8,10-14,16-17,20-21,24,30H,9,15H2,1-6H3;7-8,10-14,16-17,21,24H,9,15H2,1-6H3;1H2/b2*8-7+,11-10-;/t16-,17+,20?,21+,24-;16-,17+,21+,24-;/m11./s1. The van der Waals surface area contributed by atoms with E-state index >= 15 is 0 Å². The summed E-state index contributed by atoms with van der Waals surface area (Å²) in [6.45, 7) is 14.3. The second-order valence-electron chi connectivity index (χ2n) is 18.9. The van der Waals surface area contributed by atoms with Crippen LogP contribution >= 0.6 is 23.2 Å². The summed E-state index contributed by atoms with van der Waals surface area (Å²) in [5.74, 6) is -3.00. The van der Waals surface area contributed by atoms with Crippen LogP contribution in [-0.2, 0) is 52.3 Å². The first-order valence-corrected chi connectivity index (χ1v) is 25.4. The number of benzene rings is 2. The van der Waals surface area contributed by atoms with Crippen LogP contribution in [-0.4, -0.2) is 152 Å². The molecule has 2 aromatic rings. The van der Waals surface area contributed by atoms with Crippen molar-refractivity contribution in [3.05, 3.63) is 83.0 Å². The van der Waals surface area contributed by atoms with Crippen molar-refractivity contribution < 1.29 is 76.4 Å². The Balaban J connectivity index is 0.000000308. The second kappa shape index (κ2) is 29.5. The predicted octanol–water partition coefficient (Wildman–Crippen LogP) is 7.53. The second-order valence-corrected chi connectivity index (χ2v) is 19.7. The van der Waals surface area contributed by atoms with E-state index in [1.807, 2.05) is 45.9 Å². The van der Waals surface area contributed by atoms with Crippen LogP contribution < -0.4 is 19.1 Å². The van der Waals surface area contributed by atoms with Crippen molar-refractivity contribution in [2.75, 3.05) is 56.9 Å². The van der Waals surface area contributed by atoms with Gasteiger partial charge < -0.3 is 71.7 Å². The van der Waals surface area contributed by atoms with Crippen LogP contribution in [0.25, 0.3) is 12.2 Å². The van der Waals surface area contributed by atoms with Crippen molar-refractivity contribution in [1.29, 1.82) is 0 Å². The van der Waals surface area contributed by atoms with Gasteiger partial charge in [0.2, 0.25) is 0 Å². The zero-order valence-corrected chi connectivity index (χ0v) is 46.2. The van der Waals surface area contributed by atoms with Gasteiger partial charge in [-0.1, -0.05) is 56.4 Å². The van der Waals surface area contributed by atoms with E-state index in [1.165, 1.54) is 35.1 Å². The molecule has 22 heteroatoms. The molecule has 9 atom stereocenters. The number of alkyl halides is 2. The van der Waals surface area contributed by atoms with E-state index in [4.69, 9.17) is 70.6 Å². The maximum Gasteiger partial charge on any atom is 0.342 e. The summed E-state index contributed by atoms with van der Waals surface area (Å²) >= 11 is 9.53. The zero-order valence-electron chi connectivity index (χ0n) is 44.7. The molecule has 408 valence electrons. The number of hydrogen-bond acceptors (Lipinski definition) is 18. The summed E-state index contributed by atoms with van der Waals surface area (Å²) in [6, 6.07) is 6.84. The number of esters is 2. The Labute approximate surface area is 452 Å². The number of rotatable bonds is 12. The van der Waals surface area contributed by atoms with E-state index in [0.717, 1.165) is 0 Å². The van der Waals surface area contributed by atoms with Gasteiger partial charge in [0.25, 0.3) is 0 Å². The molecule has 1 N–H and O–H groups in total. The molecule has 0 amide bonds. The first kappa shape index (κ1) is 62.5. The molecule has 0 saturated carbocycles. The molecule has 2 fully saturated rings. The first-order valence-electron chi connectivity index (χ1n) is 24.3. The van der Waals surface area contributed by atoms with Gasteiger partial charge in [0, 0.05) is 49.6 Å². The molecule has 0 spiro atoms. The number of aliphatic hydroxyl groups is 1. The van der Waals surface area contributed by atoms with Crippen molar-refractivity contribution in [1.82, 2.24) is 0 Å². The molecule has 0 bridgehead atoms. The van der Waals surface area contributed by atoms with Crippen LogP contribution in [0.5, 0.6) is 11.5 Å². The van der Waals surface area contributed by atoms with E-state index < -0.39 is 66.2 Å². The molecule has 0 aromatic heterocycles. The molecule has 2 aromatic carbocycles. The fraction of sp³-hybridized carbons (Fsp3) is 0.528. The molecule has 4 aliphatic rings. The summed E-state index contributed by atoms with van der Waals surface area (Å²) in [6.07, 6.45) is 11.9. The molecular formula is C53H70B2Cl2N2O16. The number of methoxy groups -OCH3 is 2. The van der Waals surface area contributed by atoms with Gasteiger partial charge in [-0.15, -0.1) is 23.2 Å². The summed E-state index contributed by atoms with van der Waals surface area (Å²) in [4.78, 5) is 65.0. The maximum absolute atomic E-state index is 13.4. The molecule has 1 unspecified atom stereocenters. The predicted molar refractivity (Wildman–Crippen MR) is 289 cm³/mol. The van der Waals surface area contributed by atoms with Gasteiger partial charge in [0.1, 0.15) is 65.5 Å². The quantitative estimate of drug-likeness (QED) is 0.0545. The van der Waals surface area contributed by atoms with Gasteiger partial charge in [-0.25, -0.2) is 9.59 Å². The Morgan fingerprint density at radius 3 is 1.57 bits per heavy atom. The molecule has 18 nitrogen and oxygen atoms in total. The third-order valence-corrected chi connectivity index (χ3v) is 12.3. The number of hydrogen-bond donors (Lipinski definition) is 1. The van der Waals surface area contributed by atoms with Crippen molar-refractivity contribution in [2.24, 2.45) is 11.8 Å². The minimum atomic E-state index is -0.905. The number of carbonyl (C=O) groups excluding carboxylic acids is 5. The fourth-order valence-corrected chi connectivity index (χ4v) is 8.14. The third-order valence-electron chi connectivity index (χ3n) is 12.3. The minimum absolute atomic E-state index is 0.0788. The number of aliphatic hydroxyl groups excluding tert-OH is 1. The summed E-state index contributed by atoms with van der Waals surface area (Å²) in [5.41, 5.74) is 2.77. The Morgan fingerprint density at radius 2 is 1.11 bits per heavy atom. The number of fused-ring (bicyclic) bond motifs is 4. The van der Waals surface area contributed by atoms with E-state index in [-0.39, 0.29) is 59.2 Å². The van der Waals surface area contributed by atoms with E-state index in [0.29, 0.717) is 47.7 Å². The first-order chi connectivity index (χ1) is 35.5. The van der Waals surface area contributed by atoms with Crippen LogP contribution in [0, 0.1) is 11.8 Å². The van der Waals surface area contributed by atoms with Gasteiger partial charge in [-0.05, 0) is 97.8 Å². The normalized spacial score (nSPS) is 27.7. The number of ketones is 1. The smallest absolute Gasteiger partial charge is 0.342 e. The summed E-state index contributed by atoms with van der Waals surface area (Å²) in [5, 5.41) is 11.0. The minimum Gasteiger partial charge on any atom is -0.467 e. The third kappa shape index (κ3) is 18.0. The monoisotopic (exact) mass is 1080 g/mol. The van der Waals surface area contributed by atoms with E-state index in [9.17, 15) is 29.1 Å². The van der Waals surface area contributed by atoms with Gasteiger partial charge in [0.15, 0.2) is 30.9 Å². The van der Waals surface area contributed by atoms with E-state index in [2.05, 4.69) is 0 Å². The highest BCUT2D eigenvalue weighted by molar-refractivity contribution is 6.70. The molecule has 6 rings (SSSR count). The van der Waals surface area contributed by atoms with Gasteiger partial charge in [0.05, 0.1) is 17.5 Å². The van der Waals surface area contributed by atoms with Crippen LogP contribution in [0.3, 0.4) is 0 Å². The zero-order chi connectivity index (χ0) is 55.6. The Bertz CT molecular complexity index is 2380. The highest BCUT2D eigenvalue weighted by atomic mass is 35.5. The van der Waals surface area contributed by atoms with Crippen LogP contribution in [0.1, 0.15) is 100 Å².